The van der Waals surface area contributed by atoms with Crippen LogP contribution in [0.15, 0.2) is 34.3 Å². The molecule has 7 nitrogen and oxygen atoms in total. The summed E-state index contributed by atoms with van der Waals surface area (Å²) in [5.41, 5.74) is -0.915. The molecule has 120 valence electrons. The zero-order chi connectivity index (χ0) is 16.6. The smallest absolute Gasteiger partial charge is 0.341 e. The van der Waals surface area contributed by atoms with Gasteiger partial charge in [0.05, 0.1) is 19.9 Å². The van der Waals surface area contributed by atoms with E-state index in [1.54, 1.807) is 13.0 Å². The highest BCUT2D eigenvalue weighted by atomic mass is 32.1. The molecule has 1 unspecified atom stereocenters. The Morgan fingerprint density at radius 3 is 2.87 bits per heavy atom. The van der Waals surface area contributed by atoms with Gasteiger partial charge in [-0.3, -0.25) is 9.69 Å². The van der Waals surface area contributed by atoms with Gasteiger partial charge in [0, 0.05) is 4.88 Å². The van der Waals surface area contributed by atoms with Crippen molar-refractivity contribution in [2.75, 3.05) is 7.11 Å². The third-order valence-corrected chi connectivity index (χ3v) is 4.83. The minimum Gasteiger partial charge on any atom is -0.467 e. The van der Waals surface area contributed by atoms with Crippen molar-refractivity contribution >= 4 is 29.2 Å². The molecule has 0 bridgehead atoms. The van der Waals surface area contributed by atoms with Crippen LogP contribution in [-0.4, -0.2) is 29.9 Å². The van der Waals surface area contributed by atoms with E-state index in [0.717, 1.165) is 9.78 Å². The Morgan fingerprint density at radius 2 is 2.22 bits per heavy atom. The van der Waals surface area contributed by atoms with E-state index in [-0.39, 0.29) is 17.9 Å². The second-order valence-electron chi connectivity index (χ2n) is 5.17. The van der Waals surface area contributed by atoms with Crippen molar-refractivity contribution in [3.63, 3.8) is 0 Å². The van der Waals surface area contributed by atoms with Gasteiger partial charge in [0.1, 0.15) is 11.3 Å². The number of nitrogens with one attached hydrogen (secondary N) is 1. The van der Waals surface area contributed by atoms with Crippen LogP contribution >= 0.6 is 11.3 Å². The predicted octanol–water partition coefficient (Wildman–Crippen LogP) is 2.09. The van der Waals surface area contributed by atoms with Crippen LogP contribution in [-0.2, 0) is 21.6 Å². The van der Waals surface area contributed by atoms with E-state index in [4.69, 9.17) is 4.42 Å². The molecule has 0 spiro atoms. The molecule has 3 amide bonds. The molecule has 1 atom stereocenters. The van der Waals surface area contributed by atoms with Gasteiger partial charge in [0.25, 0.3) is 5.91 Å². The molecule has 1 N–H and O–H groups in total. The Hall–Kier alpha value is -2.61. The van der Waals surface area contributed by atoms with E-state index in [2.05, 4.69) is 10.1 Å². The normalized spacial score (nSPS) is 20.7. The minimum atomic E-state index is -1.11. The third-order valence-electron chi connectivity index (χ3n) is 3.74. The first kappa shape index (κ1) is 15.3. The van der Waals surface area contributed by atoms with Crippen LogP contribution in [0.25, 0.3) is 0 Å². The van der Waals surface area contributed by atoms with E-state index in [0.29, 0.717) is 0 Å². The molecular weight excluding hydrogens is 320 g/mol. The zero-order valence-corrected chi connectivity index (χ0v) is 13.3. The Labute approximate surface area is 135 Å². The van der Waals surface area contributed by atoms with Crippen molar-refractivity contribution in [3.8, 4) is 0 Å². The lowest BCUT2D eigenvalue weighted by atomic mass is 10.0. The zero-order valence-electron chi connectivity index (χ0n) is 12.5. The summed E-state index contributed by atoms with van der Waals surface area (Å²) >= 11 is 1.39. The van der Waals surface area contributed by atoms with Crippen LogP contribution < -0.4 is 5.32 Å². The fraction of sp³-hybridized carbons (Fsp3) is 0.267. The molecule has 23 heavy (non-hydrogen) atoms. The Bertz CT molecular complexity index is 767. The molecule has 0 aliphatic carbocycles. The van der Waals surface area contributed by atoms with E-state index in [1.165, 1.54) is 30.8 Å². The number of thiophene rings is 1. The van der Waals surface area contributed by atoms with Crippen molar-refractivity contribution in [3.05, 3.63) is 46.0 Å². The lowest BCUT2D eigenvalue weighted by molar-refractivity contribution is -0.131. The van der Waals surface area contributed by atoms with Crippen molar-refractivity contribution < 1.29 is 23.5 Å². The highest BCUT2D eigenvalue weighted by Crippen LogP contribution is 2.32. The average Bonchev–Trinajstić information content (AvgIpc) is 3.25. The van der Waals surface area contributed by atoms with Crippen LogP contribution in [0.3, 0.4) is 0 Å². The van der Waals surface area contributed by atoms with Crippen molar-refractivity contribution in [2.45, 2.75) is 19.0 Å². The summed E-state index contributed by atoms with van der Waals surface area (Å²) in [7, 11) is 1.25. The maximum Gasteiger partial charge on any atom is 0.341 e. The SMILES string of the molecule is COC(=O)c1ccoc1CN1C(=O)NC(C)(c2cccs2)C1=O. The van der Waals surface area contributed by atoms with E-state index in [9.17, 15) is 14.4 Å². The number of carbonyl (C=O) groups excluding carboxylic acids is 3. The van der Waals surface area contributed by atoms with Gasteiger partial charge in [-0.15, -0.1) is 11.3 Å². The molecule has 3 rings (SSSR count). The molecule has 1 aliphatic heterocycles. The number of hydrogen-bond donors (Lipinski definition) is 1. The van der Waals surface area contributed by atoms with E-state index >= 15 is 0 Å². The molecule has 1 saturated heterocycles. The maximum atomic E-state index is 12.7. The maximum absolute atomic E-state index is 12.7. The summed E-state index contributed by atoms with van der Waals surface area (Å²) in [6, 6.07) is 4.52. The largest absolute Gasteiger partial charge is 0.467 e. The Morgan fingerprint density at radius 1 is 1.43 bits per heavy atom. The highest BCUT2D eigenvalue weighted by Gasteiger charge is 2.50. The summed E-state index contributed by atoms with van der Waals surface area (Å²) in [5.74, 6) is -0.769. The summed E-state index contributed by atoms with van der Waals surface area (Å²) in [5, 5.41) is 4.54. The van der Waals surface area contributed by atoms with Gasteiger partial charge in [-0.2, -0.15) is 0 Å². The quantitative estimate of drug-likeness (QED) is 0.683. The first-order valence-electron chi connectivity index (χ1n) is 6.80. The Balaban J connectivity index is 1.88. The minimum absolute atomic E-state index is 0.136. The fourth-order valence-electron chi connectivity index (χ4n) is 2.47. The molecule has 1 fully saturated rings. The van der Waals surface area contributed by atoms with Gasteiger partial charge in [-0.05, 0) is 24.4 Å². The molecule has 0 aromatic carbocycles. The number of nitrogens with zero attached hydrogens (tertiary/aromatic N) is 1. The Kier molecular flexibility index (Phi) is 3.69. The van der Waals surface area contributed by atoms with Gasteiger partial charge in [-0.25, -0.2) is 9.59 Å². The summed E-state index contributed by atoms with van der Waals surface area (Å²) in [6.45, 7) is 1.52. The van der Waals surface area contributed by atoms with Crippen LogP contribution in [0.5, 0.6) is 0 Å². The number of rotatable bonds is 4. The number of hydrogen-bond acceptors (Lipinski definition) is 6. The van der Waals surface area contributed by atoms with Gasteiger partial charge in [0.15, 0.2) is 5.54 Å². The second-order valence-corrected chi connectivity index (χ2v) is 6.12. The fourth-order valence-corrected chi connectivity index (χ4v) is 3.30. The van der Waals surface area contributed by atoms with Gasteiger partial charge in [-0.1, -0.05) is 6.07 Å². The predicted molar refractivity (Wildman–Crippen MR) is 80.8 cm³/mol. The molecule has 1 aliphatic rings. The second kappa shape index (κ2) is 5.54. The van der Waals surface area contributed by atoms with Crippen molar-refractivity contribution in [2.24, 2.45) is 0 Å². The molecule has 8 heteroatoms. The van der Waals surface area contributed by atoms with Gasteiger partial charge in [0.2, 0.25) is 0 Å². The average molecular weight is 334 g/mol. The monoisotopic (exact) mass is 334 g/mol. The number of urea groups is 1. The molecule has 0 saturated carbocycles. The molecule has 0 radical (unpaired) electrons. The first-order chi connectivity index (χ1) is 11.0. The number of furan rings is 1. The third kappa shape index (κ3) is 2.40. The number of esters is 1. The molecule has 2 aromatic rings. The van der Waals surface area contributed by atoms with Crippen LogP contribution in [0.1, 0.15) is 27.9 Å². The first-order valence-corrected chi connectivity index (χ1v) is 7.68. The standard InChI is InChI=1S/C15H14N2O5S/c1-15(11-4-3-7-23-11)13(19)17(14(20)16-15)8-10-9(5-6-22-10)12(18)21-2/h3-7H,8H2,1-2H3,(H,16,20). The summed E-state index contributed by atoms with van der Waals surface area (Å²) in [4.78, 5) is 38.4. The van der Waals surface area contributed by atoms with Crippen molar-refractivity contribution in [1.82, 2.24) is 10.2 Å². The van der Waals surface area contributed by atoms with Crippen LogP contribution in [0, 0.1) is 0 Å². The number of ether oxygens (including phenoxy) is 1. The van der Waals surface area contributed by atoms with Crippen molar-refractivity contribution in [1.29, 1.82) is 0 Å². The summed E-state index contributed by atoms with van der Waals surface area (Å²) in [6.07, 6.45) is 1.32. The molecule has 2 aromatic heterocycles. The number of imide groups is 1. The van der Waals surface area contributed by atoms with Crippen LogP contribution in [0.4, 0.5) is 4.79 Å². The highest BCUT2D eigenvalue weighted by molar-refractivity contribution is 7.10. The number of amides is 3. The lowest BCUT2D eigenvalue weighted by Crippen LogP contribution is -2.40. The molecular formula is C15H14N2O5S. The lowest BCUT2D eigenvalue weighted by Gasteiger charge is -2.19. The van der Waals surface area contributed by atoms with E-state index < -0.39 is 23.4 Å². The van der Waals surface area contributed by atoms with Crippen LogP contribution in [0.2, 0.25) is 0 Å². The number of methoxy groups -OCH3 is 1. The van der Waals surface area contributed by atoms with Gasteiger partial charge < -0.3 is 14.5 Å². The topological polar surface area (TPSA) is 88.8 Å². The molecule has 3 heterocycles. The van der Waals surface area contributed by atoms with E-state index in [1.807, 2.05) is 11.4 Å². The summed E-state index contributed by atoms with van der Waals surface area (Å²) < 4.78 is 9.88. The van der Waals surface area contributed by atoms with Gasteiger partial charge >= 0.3 is 12.0 Å². The number of carbonyl (C=O) groups is 3.